The van der Waals surface area contributed by atoms with Crippen molar-refractivity contribution in [2.24, 2.45) is 0 Å². The molecular formula is C23H27FN4O5. The normalized spacial score (nSPS) is 19.3. The molecule has 1 atom stereocenters. The summed E-state index contributed by atoms with van der Waals surface area (Å²) in [5, 5.41) is 2.62. The van der Waals surface area contributed by atoms with Crippen LogP contribution in [0.2, 0.25) is 0 Å². The maximum Gasteiger partial charge on any atom is 0.414 e. The van der Waals surface area contributed by atoms with Crippen molar-refractivity contribution in [3.05, 3.63) is 47.7 Å². The quantitative estimate of drug-likeness (QED) is 0.637. The third kappa shape index (κ3) is 5.51. The molecule has 0 saturated carbocycles. The number of hydrogen-bond acceptors (Lipinski definition) is 7. The second-order valence-corrected chi connectivity index (χ2v) is 8.23. The number of aldehydes is 1. The van der Waals surface area contributed by atoms with E-state index in [2.05, 4.69) is 10.2 Å². The maximum absolute atomic E-state index is 15.0. The lowest BCUT2D eigenvalue weighted by molar-refractivity contribution is -0.119. The standard InChI is InChI=1S/C23H27FN4O5/c1-16(30)25-12-20-14-28(23(31)33-20)17-3-6-22(21(24)11-17)27-8-2-7-26(9-10-27)13-18-4-5-19(15-29)32-18/h3-6,11,15,20H,2,7-10,12-14H2,1H3,(H,25,30)/t20-/m0/s1. The maximum atomic E-state index is 15.0. The number of benzene rings is 1. The Morgan fingerprint density at radius 3 is 2.79 bits per heavy atom. The van der Waals surface area contributed by atoms with Crippen molar-refractivity contribution in [1.29, 1.82) is 0 Å². The van der Waals surface area contributed by atoms with Gasteiger partial charge in [-0.05, 0) is 36.8 Å². The highest BCUT2D eigenvalue weighted by molar-refractivity contribution is 5.90. The molecule has 33 heavy (non-hydrogen) atoms. The first kappa shape index (κ1) is 22.8. The summed E-state index contributed by atoms with van der Waals surface area (Å²) in [6.45, 7) is 5.36. The molecule has 0 bridgehead atoms. The molecule has 176 valence electrons. The Kier molecular flexibility index (Phi) is 6.93. The molecule has 0 radical (unpaired) electrons. The van der Waals surface area contributed by atoms with Crippen LogP contribution in [-0.4, -0.2) is 68.6 Å². The first-order valence-electron chi connectivity index (χ1n) is 11.0. The summed E-state index contributed by atoms with van der Waals surface area (Å²) in [5.41, 5.74) is 0.913. The second-order valence-electron chi connectivity index (χ2n) is 8.23. The number of anilines is 2. The molecular weight excluding hydrogens is 431 g/mol. The minimum atomic E-state index is -0.557. The molecule has 3 heterocycles. The van der Waals surface area contributed by atoms with Crippen LogP contribution in [0.1, 0.15) is 29.7 Å². The van der Waals surface area contributed by atoms with Gasteiger partial charge in [-0.15, -0.1) is 0 Å². The first-order valence-corrected chi connectivity index (χ1v) is 11.0. The van der Waals surface area contributed by atoms with E-state index in [1.54, 1.807) is 24.3 Å². The third-order valence-corrected chi connectivity index (χ3v) is 5.80. The fourth-order valence-electron chi connectivity index (χ4n) is 4.15. The zero-order valence-electron chi connectivity index (χ0n) is 18.5. The summed E-state index contributed by atoms with van der Waals surface area (Å²) in [6, 6.07) is 8.21. The molecule has 2 amide bonds. The van der Waals surface area contributed by atoms with Crippen molar-refractivity contribution in [2.45, 2.75) is 26.0 Å². The van der Waals surface area contributed by atoms with Crippen LogP contribution in [0.15, 0.2) is 34.7 Å². The number of carbonyl (C=O) groups is 3. The van der Waals surface area contributed by atoms with Crippen molar-refractivity contribution < 1.29 is 27.9 Å². The number of carbonyl (C=O) groups excluding carboxylic acids is 3. The van der Waals surface area contributed by atoms with Gasteiger partial charge in [0, 0.05) is 33.1 Å². The fraction of sp³-hybridized carbons (Fsp3) is 0.435. The van der Waals surface area contributed by atoms with E-state index < -0.39 is 18.0 Å². The number of cyclic esters (lactones) is 1. The Morgan fingerprint density at radius 1 is 1.21 bits per heavy atom. The van der Waals surface area contributed by atoms with Crippen LogP contribution in [0.3, 0.4) is 0 Å². The highest BCUT2D eigenvalue weighted by Gasteiger charge is 2.33. The molecule has 0 spiro atoms. The van der Waals surface area contributed by atoms with Gasteiger partial charge in [0.2, 0.25) is 5.91 Å². The van der Waals surface area contributed by atoms with Crippen molar-refractivity contribution >= 4 is 29.7 Å². The molecule has 0 unspecified atom stereocenters. The summed E-state index contributed by atoms with van der Waals surface area (Å²) in [6.07, 6.45) is 0.507. The van der Waals surface area contributed by atoms with Crippen LogP contribution in [0.5, 0.6) is 0 Å². The SMILES string of the molecule is CC(=O)NC[C@H]1CN(c2ccc(N3CCCN(Cc4ccc(C=O)o4)CC3)c(F)c2)C(=O)O1. The van der Waals surface area contributed by atoms with Crippen LogP contribution in [0.4, 0.5) is 20.6 Å². The van der Waals surface area contributed by atoms with E-state index in [1.807, 2.05) is 4.90 Å². The number of nitrogens with one attached hydrogen (secondary N) is 1. The highest BCUT2D eigenvalue weighted by atomic mass is 19.1. The zero-order chi connectivity index (χ0) is 23.4. The van der Waals surface area contributed by atoms with Gasteiger partial charge in [-0.3, -0.25) is 19.4 Å². The van der Waals surface area contributed by atoms with Gasteiger partial charge in [0.05, 0.1) is 31.0 Å². The van der Waals surface area contributed by atoms with Crippen molar-refractivity contribution in [2.75, 3.05) is 49.1 Å². The van der Waals surface area contributed by atoms with Crippen LogP contribution >= 0.6 is 0 Å². The minimum Gasteiger partial charge on any atom is -0.457 e. The van der Waals surface area contributed by atoms with Crippen LogP contribution in [0.25, 0.3) is 0 Å². The molecule has 1 N–H and O–H groups in total. The van der Waals surface area contributed by atoms with E-state index in [-0.39, 0.29) is 19.0 Å². The van der Waals surface area contributed by atoms with Crippen molar-refractivity contribution in [3.63, 3.8) is 0 Å². The predicted octanol–water partition coefficient (Wildman–Crippen LogP) is 2.40. The summed E-state index contributed by atoms with van der Waals surface area (Å²) in [5.74, 6) is 0.439. The molecule has 9 nitrogen and oxygen atoms in total. The Bertz CT molecular complexity index is 1030. The van der Waals surface area contributed by atoms with Crippen molar-refractivity contribution in [3.8, 4) is 0 Å². The van der Waals surface area contributed by atoms with Crippen LogP contribution in [0, 0.1) is 5.82 Å². The van der Waals surface area contributed by atoms with Gasteiger partial charge in [-0.1, -0.05) is 0 Å². The molecule has 1 aromatic carbocycles. The van der Waals surface area contributed by atoms with Gasteiger partial charge < -0.3 is 19.4 Å². The number of rotatable bonds is 7. The molecule has 2 fully saturated rings. The van der Waals surface area contributed by atoms with E-state index in [9.17, 15) is 14.4 Å². The van der Waals surface area contributed by atoms with E-state index in [0.29, 0.717) is 43.1 Å². The van der Waals surface area contributed by atoms with Gasteiger partial charge in [0.1, 0.15) is 17.7 Å². The zero-order valence-corrected chi connectivity index (χ0v) is 18.5. The second kappa shape index (κ2) is 10.0. The lowest BCUT2D eigenvalue weighted by atomic mass is 10.2. The minimum absolute atomic E-state index is 0.203. The number of amides is 2. The average Bonchev–Trinajstić information content (AvgIpc) is 3.32. The van der Waals surface area contributed by atoms with E-state index in [4.69, 9.17) is 9.15 Å². The van der Waals surface area contributed by atoms with Gasteiger partial charge in [-0.25, -0.2) is 9.18 Å². The van der Waals surface area contributed by atoms with E-state index in [1.165, 1.54) is 17.9 Å². The third-order valence-electron chi connectivity index (χ3n) is 5.80. The number of nitrogens with zero attached hydrogens (tertiary/aromatic N) is 3. The molecule has 2 aromatic rings. The average molecular weight is 458 g/mol. The first-order chi connectivity index (χ1) is 15.9. The molecule has 10 heteroatoms. The lowest BCUT2D eigenvalue weighted by Gasteiger charge is -2.25. The van der Waals surface area contributed by atoms with Crippen LogP contribution < -0.4 is 15.1 Å². The van der Waals surface area contributed by atoms with Crippen molar-refractivity contribution in [1.82, 2.24) is 10.2 Å². The van der Waals surface area contributed by atoms with Gasteiger partial charge >= 0.3 is 6.09 Å². The monoisotopic (exact) mass is 458 g/mol. The summed E-state index contributed by atoms with van der Waals surface area (Å²) in [4.78, 5) is 39.7. The Morgan fingerprint density at radius 2 is 2.06 bits per heavy atom. The molecule has 0 aliphatic carbocycles. The fourth-order valence-corrected chi connectivity index (χ4v) is 4.15. The Hall–Kier alpha value is -3.40. The molecule has 1 aromatic heterocycles. The lowest BCUT2D eigenvalue weighted by Crippen LogP contribution is -2.33. The molecule has 4 rings (SSSR count). The topological polar surface area (TPSA) is 95.3 Å². The smallest absolute Gasteiger partial charge is 0.414 e. The number of furan rings is 1. The Balaban J connectivity index is 1.37. The van der Waals surface area contributed by atoms with E-state index >= 15 is 4.39 Å². The predicted molar refractivity (Wildman–Crippen MR) is 119 cm³/mol. The summed E-state index contributed by atoms with van der Waals surface area (Å²) < 4.78 is 25.8. The van der Waals surface area contributed by atoms with Gasteiger partial charge in [-0.2, -0.15) is 0 Å². The van der Waals surface area contributed by atoms with Crippen LogP contribution in [-0.2, 0) is 16.1 Å². The molecule has 2 aliphatic rings. The number of halogens is 1. The van der Waals surface area contributed by atoms with Gasteiger partial charge in [0.15, 0.2) is 12.0 Å². The summed E-state index contributed by atoms with van der Waals surface area (Å²) >= 11 is 0. The molecule has 2 saturated heterocycles. The number of ether oxygens (including phenoxy) is 1. The largest absolute Gasteiger partial charge is 0.457 e. The highest BCUT2D eigenvalue weighted by Crippen LogP contribution is 2.28. The molecule has 2 aliphatic heterocycles. The Labute approximate surface area is 191 Å². The van der Waals surface area contributed by atoms with Gasteiger partial charge in [0.25, 0.3) is 0 Å². The summed E-state index contributed by atoms with van der Waals surface area (Å²) in [7, 11) is 0. The number of hydrogen-bond donors (Lipinski definition) is 1. The van der Waals surface area contributed by atoms with E-state index in [0.717, 1.165) is 25.3 Å².